The van der Waals surface area contributed by atoms with Crippen LogP contribution in [0.1, 0.15) is 76.4 Å². The normalized spacial score (nSPS) is 23.2. The minimum absolute atomic E-state index is 0. The molecule has 6 aliphatic heterocycles. The Labute approximate surface area is 597 Å². The molecule has 0 unspecified atom stereocenters. The SMILES string of the molecule is C[C@@H]1OCC2(CCNCC2)[C@@H]1N.Cc1nc(Cl)c2nccn2c1Br.Cc1nc(N2CCC3(CC2)CO[C@@H](C)[C@H]3N)c2nccn2c1Br.Cc1nc(N2CCC3(CC2)CO[C@@H](C)[C@H]3N)c2nccn2c1Sc1ccnc(N)c1Cl.Nc1nccc([S-])c1Cl.[K+]. The molecule has 0 aromatic carbocycles. The van der Waals surface area contributed by atoms with Crippen LogP contribution in [0.5, 0.6) is 0 Å². The van der Waals surface area contributed by atoms with Gasteiger partial charge >= 0.3 is 51.4 Å². The molecule has 0 radical (unpaired) electrons. The number of nitrogens with one attached hydrogen (secondary N) is 1. The van der Waals surface area contributed by atoms with E-state index >= 15 is 0 Å². The van der Waals surface area contributed by atoms with Gasteiger partial charge in [0.1, 0.15) is 25.9 Å². The molecule has 0 aliphatic carbocycles. The van der Waals surface area contributed by atoms with E-state index in [1.54, 1.807) is 24.7 Å². The minimum Gasteiger partial charge on any atom is -0.778 e. The van der Waals surface area contributed by atoms with Gasteiger partial charge in [-0.2, -0.15) is 4.90 Å². The molecule has 6 aliphatic rings. The zero-order valence-corrected chi connectivity index (χ0v) is 60.7. The van der Waals surface area contributed by atoms with E-state index in [1.807, 2.05) is 56.0 Å². The number of nitrogens with two attached hydrogens (primary N) is 5. The maximum absolute atomic E-state index is 6.48. The molecule has 468 valence electrons. The van der Waals surface area contributed by atoms with Crippen molar-refractivity contribution in [2.45, 2.75) is 131 Å². The fourth-order valence-electron chi connectivity index (χ4n) is 12.4. The number of fused-ring (bicyclic) bond motifs is 3. The molecule has 6 atom stereocenters. The molecule has 14 heterocycles. The molecular formula is C58H75Br2Cl3KN19O3S2. The zero-order chi connectivity index (χ0) is 62.1. The molecule has 3 spiro atoms. The summed E-state index contributed by atoms with van der Waals surface area (Å²) in [5.74, 6) is 2.49. The number of anilines is 4. The average molecular weight is 1460 g/mol. The van der Waals surface area contributed by atoms with Crippen LogP contribution in [0.25, 0.3) is 16.9 Å². The molecule has 22 nitrogen and oxygen atoms in total. The van der Waals surface area contributed by atoms with Crippen LogP contribution in [-0.4, -0.2) is 149 Å². The third kappa shape index (κ3) is 14.4. The molecule has 0 amide bonds. The van der Waals surface area contributed by atoms with E-state index in [0.29, 0.717) is 42.8 Å². The van der Waals surface area contributed by atoms with Crippen molar-refractivity contribution in [3.8, 4) is 0 Å². The number of halogens is 5. The number of piperidine rings is 3. The predicted octanol–water partition coefficient (Wildman–Crippen LogP) is 6.07. The Morgan fingerprint density at radius 3 is 1.44 bits per heavy atom. The third-order valence-electron chi connectivity index (χ3n) is 18.1. The van der Waals surface area contributed by atoms with Gasteiger partial charge in [0.25, 0.3) is 0 Å². The number of hydrogen-bond acceptors (Lipinski definition) is 21. The summed E-state index contributed by atoms with van der Waals surface area (Å²) in [5, 5.41) is 5.57. The molecule has 8 aromatic rings. The molecule has 30 heteroatoms. The number of imidazole rings is 3. The van der Waals surface area contributed by atoms with Gasteiger partial charge in [0.05, 0.1) is 65.3 Å². The van der Waals surface area contributed by atoms with Crippen molar-refractivity contribution in [1.82, 2.24) is 58.4 Å². The van der Waals surface area contributed by atoms with E-state index in [9.17, 15) is 0 Å². The smallest absolute Gasteiger partial charge is 0.778 e. The molecule has 6 saturated heterocycles. The standard InChI is InChI=1S/C21H26ClN7OS.C16H22BrN5O.C9H18N2O.C7H5BrClN3.C5H5ClN2S.K/c1-12-20(31-14-3-6-25-17(24)15(14)22)29-10-7-26-18(29)19(27-12)28-8-4-21(5-9-28)11-30-13(2)16(21)23;1-10-13(17)22-8-5-19-14(22)15(20-10)21-6-3-16(4-7-21)9-23-11(2)12(16)18;1-7-8(10)9(6-12-7)2-4-11-5-3-9;1-4-5(8)12-3-2-10-7(12)6(9)11-4;6-4-3(9)1-2-8-5(4)7;/h3,6-7,10,13,16H,4-5,8-9,11,23H2,1-2H3,(H2,24,25);5,8,11-12H,3-4,6-7,9,18H2,1-2H3;7-8,11H,2-6,10H2,1H3;2-3H,1H3;1-2H,(H3,7,8,9);/q;;;;;+1/p-1/t13-,16+;11-,12+;7-,8+;;;/m000.../s1. The van der Waals surface area contributed by atoms with E-state index in [2.05, 4.69) is 106 Å². The van der Waals surface area contributed by atoms with Gasteiger partial charge in [-0.15, -0.1) is 0 Å². The second-order valence-corrected chi connectivity index (χ2v) is 27.4. The Morgan fingerprint density at radius 2 is 0.977 bits per heavy atom. The molecule has 88 heavy (non-hydrogen) atoms. The van der Waals surface area contributed by atoms with Crippen molar-refractivity contribution in [2.75, 3.05) is 80.4 Å². The molecule has 6 fully saturated rings. The number of aryl methyl sites for hydroxylation is 3. The summed E-state index contributed by atoms with van der Waals surface area (Å²) in [4.78, 5) is 40.8. The molecule has 0 bridgehead atoms. The molecule has 11 N–H and O–H groups in total. The summed E-state index contributed by atoms with van der Waals surface area (Å²) in [7, 11) is 0. The van der Waals surface area contributed by atoms with Crippen molar-refractivity contribution in [1.29, 1.82) is 0 Å². The largest absolute Gasteiger partial charge is 1.00 e. The summed E-state index contributed by atoms with van der Waals surface area (Å²) >= 11 is 31.1. The number of hydrogen-bond donors (Lipinski definition) is 6. The van der Waals surface area contributed by atoms with Gasteiger partial charge in [-0.05, 0) is 131 Å². The van der Waals surface area contributed by atoms with Crippen LogP contribution in [0.3, 0.4) is 0 Å². The second kappa shape index (κ2) is 29.6. The Kier molecular flexibility index (Phi) is 23.4. The monoisotopic (exact) mass is 1450 g/mol. The van der Waals surface area contributed by atoms with E-state index in [-0.39, 0.29) is 98.7 Å². The van der Waals surface area contributed by atoms with Gasteiger partial charge in [-0.25, -0.2) is 39.9 Å². The van der Waals surface area contributed by atoms with Crippen LogP contribution in [0, 0.1) is 37.0 Å². The van der Waals surface area contributed by atoms with Crippen molar-refractivity contribution < 1.29 is 65.6 Å². The summed E-state index contributed by atoms with van der Waals surface area (Å²) in [6, 6.07) is 3.97. The molecule has 8 aromatic heterocycles. The van der Waals surface area contributed by atoms with E-state index in [1.165, 1.54) is 30.8 Å². The van der Waals surface area contributed by atoms with Crippen LogP contribution >= 0.6 is 78.4 Å². The summed E-state index contributed by atoms with van der Waals surface area (Å²) in [6.07, 6.45) is 21.2. The van der Waals surface area contributed by atoms with E-state index < -0.39 is 0 Å². The first kappa shape index (κ1) is 69.5. The third-order valence-corrected chi connectivity index (χ3v) is 22.9. The first-order chi connectivity index (χ1) is 41.6. The fraction of sp³-hybridized carbons (Fsp3) is 0.517. The number of nitrogens with zero attached hydrogens (tertiary/aromatic N) is 13. The summed E-state index contributed by atoms with van der Waals surface area (Å²) in [6.45, 7) is 20.4. The second-order valence-electron chi connectivity index (χ2n) is 23.3. The van der Waals surface area contributed by atoms with Gasteiger partial charge in [-0.3, -0.25) is 13.2 Å². The Hall–Kier alpha value is -2.88. The maximum Gasteiger partial charge on any atom is 1.00 e. The van der Waals surface area contributed by atoms with Crippen molar-refractivity contribution in [2.24, 2.45) is 33.4 Å². The van der Waals surface area contributed by atoms with Crippen LogP contribution in [-0.2, 0) is 26.8 Å². The van der Waals surface area contributed by atoms with Gasteiger partial charge in [0, 0.05) is 115 Å². The molecular weight excluding hydrogens is 1380 g/mol. The number of rotatable bonds is 4. The van der Waals surface area contributed by atoms with Crippen LogP contribution in [0.15, 0.2) is 85.7 Å². The van der Waals surface area contributed by atoms with Gasteiger partial charge in [-0.1, -0.05) is 52.6 Å². The van der Waals surface area contributed by atoms with Crippen LogP contribution < -0.4 is 95.2 Å². The Morgan fingerprint density at radius 1 is 0.568 bits per heavy atom. The summed E-state index contributed by atoms with van der Waals surface area (Å²) in [5.41, 5.74) is 35.9. The minimum atomic E-state index is 0. The van der Waals surface area contributed by atoms with Gasteiger partial charge in [0.2, 0.25) is 0 Å². The van der Waals surface area contributed by atoms with Crippen molar-refractivity contribution in [3.63, 3.8) is 0 Å². The van der Waals surface area contributed by atoms with Crippen LogP contribution in [0.2, 0.25) is 15.2 Å². The van der Waals surface area contributed by atoms with Crippen LogP contribution in [0.4, 0.5) is 23.3 Å². The molecule has 0 saturated carbocycles. The average Bonchev–Trinajstić information content (AvgIpc) is 2.23. The topological polar surface area (TPSA) is 293 Å². The maximum atomic E-state index is 6.48. The summed E-state index contributed by atoms with van der Waals surface area (Å²) < 4.78 is 25.1. The first-order valence-electron chi connectivity index (χ1n) is 29.0. The molecule has 14 rings (SSSR count). The van der Waals surface area contributed by atoms with E-state index in [4.69, 9.17) is 100 Å². The predicted molar refractivity (Wildman–Crippen MR) is 353 cm³/mol. The van der Waals surface area contributed by atoms with E-state index in [0.717, 1.165) is 144 Å². The number of ether oxygens (including phenoxy) is 3. The fourth-order valence-corrected chi connectivity index (χ4v) is 14.9. The Balaban J connectivity index is 0.000000141. The number of pyridine rings is 2. The Bertz CT molecular complexity index is 3690. The van der Waals surface area contributed by atoms with Crippen molar-refractivity contribution >= 4 is 131 Å². The quantitative estimate of drug-likeness (QED) is 0.0861. The number of aromatic nitrogens is 11. The first-order valence-corrected chi connectivity index (χ1v) is 33.0. The number of nitrogen functional groups attached to an aromatic ring is 2. The van der Waals surface area contributed by atoms with Gasteiger partial charge < -0.3 is 70.6 Å². The van der Waals surface area contributed by atoms with Crippen molar-refractivity contribution in [3.05, 3.63) is 103 Å². The van der Waals surface area contributed by atoms with Gasteiger partial charge in [0.15, 0.2) is 33.7 Å². The zero-order valence-electron chi connectivity index (χ0n) is 50.5.